The van der Waals surface area contributed by atoms with Gasteiger partial charge in [0.15, 0.2) is 5.82 Å². The number of carbonyl (C=O) groups is 1. The molecule has 3 nitrogen and oxygen atoms in total. The van der Waals surface area contributed by atoms with Gasteiger partial charge in [0.2, 0.25) is 0 Å². The van der Waals surface area contributed by atoms with Gasteiger partial charge < -0.3 is 11.1 Å². The quantitative estimate of drug-likeness (QED) is 0.626. The molecule has 98 valence electrons. The summed E-state index contributed by atoms with van der Waals surface area (Å²) >= 11 is 2.11. The number of carbonyl (C=O) groups excluding carboxylic acids is 1. The summed E-state index contributed by atoms with van der Waals surface area (Å²) in [7, 11) is 0. The fourth-order valence-corrected chi connectivity index (χ4v) is 1.86. The van der Waals surface area contributed by atoms with E-state index in [4.69, 9.17) is 5.73 Å². The Morgan fingerprint density at radius 3 is 2.37 bits per heavy atom. The van der Waals surface area contributed by atoms with Crippen LogP contribution in [0.15, 0.2) is 36.4 Å². The highest BCUT2D eigenvalue weighted by molar-refractivity contribution is 14.1. The Kier molecular flexibility index (Phi) is 3.98. The lowest BCUT2D eigenvalue weighted by Crippen LogP contribution is -2.16. The van der Waals surface area contributed by atoms with Crippen LogP contribution in [0.2, 0.25) is 0 Å². The van der Waals surface area contributed by atoms with Gasteiger partial charge >= 0.3 is 0 Å². The molecule has 2 aromatic carbocycles. The fourth-order valence-electron chi connectivity index (χ4n) is 1.50. The van der Waals surface area contributed by atoms with Crippen LogP contribution in [0.1, 0.15) is 10.4 Å². The molecule has 0 heterocycles. The van der Waals surface area contributed by atoms with Crippen molar-refractivity contribution in [1.29, 1.82) is 0 Å². The Morgan fingerprint density at radius 1 is 1.11 bits per heavy atom. The smallest absolute Gasteiger partial charge is 0.261 e. The molecular formula is C13H9F2IN2O. The van der Waals surface area contributed by atoms with E-state index in [2.05, 4.69) is 27.9 Å². The summed E-state index contributed by atoms with van der Waals surface area (Å²) in [6, 6.07) is 8.85. The number of nitrogens with one attached hydrogen (secondary N) is 1. The van der Waals surface area contributed by atoms with Gasteiger partial charge in [0.1, 0.15) is 11.4 Å². The lowest BCUT2D eigenvalue weighted by molar-refractivity contribution is 0.101. The van der Waals surface area contributed by atoms with Crippen molar-refractivity contribution in [2.24, 2.45) is 0 Å². The van der Waals surface area contributed by atoms with Crippen molar-refractivity contribution in [1.82, 2.24) is 0 Å². The molecule has 0 atom stereocenters. The van der Waals surface area contributed by atoms with Crippen molar-refractivity contribution in [2.45, 2.75) is 0 Å². The number of benzene rings is 2. The average Bonchev–Trinajstić information content (AvgIpc) is 2.37. The maximum atomic E-state index is 13.7. The van der Waals surface area contributed by atoms with Crippen LogP contribution < -0.4 is 11.1 Å². The second kappa shape index (κ2) is 5.52. The molecule has 0 aliphatic rings. The third-order valence-corrected chi connectivity index (χ3v) is 3.17. The van der Waals surface area contributed by atoms with Crippen LogP contribution in [-0.2, 0) is 0 Å². The summed E-state index contributed by atoms with van der Waals surface area (Å²) in [5.74, 6) is -2.87. The first-order valence-electron chi connectivity index (χ1n) is 5.29. The van der Waals surface area contributed by atoms with Crippen molar-refractivity contribution in [3.05, 3.63) is 57.2 Å². The predicted octanol–water partition coefficient (Wildman–Crippen LogP) is 3.40. The van der Waals surface area contributed by atoms with Crippen LogP contribution in [-0.4, -0.2) is 5.91 Å². The topological polar surface area (TPSA) is 55.1 Å². The summed E-state index contributed by atoms with van der Waals surface area (Å²) < 4.78 is 28.1. The molecule has 0 saturated heterocycles. The molecule has 0 saturated carbocycles. The van der Waals surface area contributed by atoms with E-state index in [1.54, 1.807) is 24.3 Å². The number of rotatable bonds is 2. The molecule has 1 amide bonds. The van der Waals surface area contributed by atoms with Gasteiger partial charge in [0.05, 0.1) is 5.69 Å². The predicted molar refractivity (Wildman–Crippen MR) is 77.9 cm³/mol. The van der Waals surface area contributed by atoms with Crippen LogP contribution in [0.25, 0.3) is 0 Å². The highest BCUT2D eigenvalue weighted by atomic mass is 127. The number of hydrogen-bond acceptors (Lipinski definition) is 2. The molecule has 0 spiro atoms. The SMILES string of the molecule is Nc1ccc(F)c(C(=O)Nc2ccc(I)cc2)c1F. The van der Waals surface area contributed by atoms with E-state index in [9.17, 15) is 13.6 Å². The molecule has 6 heteroatoms. The van der Waals surface area contributed by atoms with E-state index in [1.807, 2.05) is 0 Å². The lowest BCUT2D eigenvalue weighted by atomic mass is 10.1. The Hall–Kier alpha value is -1.70. The highest BCUT2D eigenvalue weighted by Crippen LogP contribution is 2.20. The maximum absolute atomic E-state index is 13.7. The molecule has 0 unspecified atom stereocenters. The van der Waals surface area contributed by atoms with Crippen LogP contribution in [0, 0.1) is 15.2 Å². The van der Waals surface area contributed by atoms with Gasteiger partial charge in [-0.05, 0) is 59.0 Å². The van der Waals surface area contributed by atoms with Gasteiger partial charge in [-0.1, -0.05) is 0 Å². The zero-order valence-corrected chi connectivity index (χ0v) is 11.7. The first-order chi connectivity index (χ1) is 8.99. The minimum Gasteiger partial charge on any atom is -0.396 e. The van der Waals surface area contributed by atoms with E-state index in [0.29, 0.717) is 5.69 Å². The lowest BCUT2D eigenvalue weighted by Gasteiger charge is -2.08. The molecule has 3 N–H and O–H groups in total. The Labute approximate surface area is 121 Å². The van der Waals surface area contributed by atoms with E-state index in [0.717, 1.165) is 15.7 Å². The third-order valence-electron chi connectivity index (χ3n) is 2.45. The number of nitrogen functional groups attached to an aromatic ring is 1. The summed E-state index contributed by atoms with van der Waals surface area (Å²) in [6.07, 6.45) is 0. The van der Waals surface area contributed by atoms with E-state index < -0.39 is 23.1 Å². The average molecular weight is 374 g/mol. The van der Waals surface area contributed by atoms with E-state index in [1.165, 1.54) is 0 Å². The molecule has 19 heavy (non-hydrogen) atoms. The number of halogens is 3. The summed E-state index contributed by atoms with van der Waals surface area (Å²) in [4.78, 5) is 11.8. The highest BCUT2D eigenvalue weighted by Gasteiger charge is 2.19. The van der Waals surface area contributed by atoms with Crippen molar-refractivity contribution in [2.75, 3.05) is 11.1 Å². The first-order valence-corrected chi connectivity index (χ1v) is 6.37. The van der Waals surface area contributed by atoms with E-state index >= 15 is 0 Å². The normalized spacial score (nSPS) is 10.3. The van der Waals surface area contributed by atoms with Gasteiger partial charge in [-0.3, -0.25) is 4.79 Å². The number of anilines is 2. The molecule has 0 bridgehead atoms. The third kappa shape index (κ3) is 3.01. The number of hydrogen-bond donors (Lipinski definition) is 2. The summed E-state index contributed by atoms with van der Waals surface area (Å²) in [5.41, 5.74) is 4.82. The second-order valence-electron chi connectivity index (χ2n) is 3.79. The molecule has 0 aliphatic heterocycles. The molecular weight excluding hydrogens is 365 g/mol. The fraction of sp³-hybridized carbons (Fsp3) is 0. The summed E-state index contributed by atoms with van der Waals surface area (Å²) in [6.45, 7) is 0. The van der Waals surface area contributed by atoms with Crippen LogP contribution in [0.5, 0.6) is 0 Å². The zero-order chi connectivity index (χ0) is 14.0. The van der Waals surface area contributed by atoms with Gasteiger partial charge in [-0.15, -0.1) is 0 Å². The Balaban J connectivity index is 2.30. The maximum Gasteiger partial charge on any atom is 0.261 e. The zero-order valence-electron chi connectivity index (χ0n) is 9.58. The van der Waals surface area contributed by atoms with Gasteiger partial charge in [0.25, 0.3) is 5.91 Å². The summed E-state index contributed by atoms with van der Waals surface area (Å²) in [5, 5.41) is 2.42. The standard InChI is InChI=1S/C13H9F2IN2O/c14-9-5-6-10(17)12(15)11(9)13(19)18-8-3-1-7(16)2-4-8/h1-6H,17H2,(H,18,19). The monoisotopic (exact) mass is 374 g/mol. The minimum absolute atomic E-state index is 0.269. The molecule has 0 aromatic heterocycles. The van der Waals surface area contributed by atoms with Crippen LogP contribution >= 0.6 is 22.6 Å². The van der Waals surface area contributed by atoms with Gasteiger partial charge in [-0.2, -0.15) is 0 Å². The Morgan fingerprint density at radius 2 is 1.74 bits per heavy atom. The molecule has 2 aromatic rings. The molecule has 2 rings (SSSR count). The molecule has 0 radical (unpaired) electrons. The largest absolute Gasteiger partial charge is 0.396 e. The van der Waals surface area contributed by atoms with Crippen molar-refractivity contribution >= 4 is 39.9 Å². The van der Waals surface area contributed by atoms with E-state index in [-0.39, 0.29) is 5.69 Å². The molecule has 0 fully saturated rings. The number of nitrogens with two attached hydrogens (primary N) is 1. The minimum atomic E-state index is -1.05. The second-order valence-corrected chi connectivity index (χ2v) is 5.03. The van der Waals surface area contributed by atoms with Crippen molar-refractivity contribution in [3.63, 3.8) is 0 Å². The van der Waals surface area contributed by atoms with Crippen molar-refractivity contribution < 1.29 is 13.6 Å². The molecule has 0 aliphatic carbocycles. The van der Waals surface area contributed by atoms with Crippen molar-refractivity contribution in [3.8, 4) is 0 Å². The first kappa shape index (κ1) is 13.7. The van der Waals surface area contributed by atoms with Gasteiger partial charge in [-0.25, -0.2) is 8.78 Å². The Bertz CT molecular complexity index is 629. The van der Waals surface area contributed by atoms with Crippen LogP contribution in [0.3, 0.4) is 0 Å². The van der Waals surface area contributed by atoms with Crippen LogP contribution in [0.4, 0.5) is 20.2 Å². The number of amides is 1. The van der Waals surface area contributed by atoms with Gasteiger partial charge in [0, 0.05) is 9.26 Å².